The Hall–Kier alpha value is -1.54. The summed E-state index contributed by atoms with van der Waals surface area (Å²) in [5.41, 5.74) is 16.6. The van der Waals surface area contributed by atoms with Gasteiger partial charge in [0.2, 0.25) is 0 Å². The average molecular weight is 383 g/mol. The number of hydrogen-bond donors (Lipinski definition) is 3. The normalized spacial score (nSPS) is 28.9. The van der Waals surface area contributed by atoms with Gasteiger partial charge in [0, 0.05) is 11.5 Å². The Morgan fingerprint density at radius 3 is 1.62 bits per heavy atom. The summed E-state index contributed by atoms with van der Waals surface area (Å²) in [6, 6.07) is -3.35. The molecular formula is C11H17N3O8S2. The predicted octanol–water partition coefficient (Wildman–Crippen LogP) is -1.85. The molecule has 0 spiro atoms. The van der Waals surface area contributed by atoms with Crippen molar-refractivity contribution < 1.29 is 38.7 Å². The molecule has 0 saturated carbocycles. The third-order valence-corrected chi connectivity index (χ3v) is 5.04. The minimum absolute atomic E-state index is 0.115. The van der Waals surface area contributed by atoms with Crippen LogP contribution in [0.3, 0.4) is 0 Å². The lowest BCUT2D eigenvalue weighted by Crippen LogP contribution is -2.38. The molecule has 1 rings (SSSR count). The maximum absolute atomic E-state index is 11.5. The zero-order valence-corrected chi connectivity index (χ0v) is 14.0. The molecule has 1 fully saturated rings. The van der Waals surface area contributed by atoms with Crippen molar-refractivity contribution in [2.24, 2.45) is 17.2 Å². The summed E-state index contributed by atoms with van der Waals surface area (Å²) in [7, 11) is 2.29. The minimum atomic E-state index is -1.25. The van der Waals surface area contributed by atoms with Crippen LogP contribution in [0.4, 0.5) is 0 Å². The molecule has 0 radical (unpaired) electrons. The maximum atomic E-state index is 11.5. The summed E-state index contributed by atoms with van der Waals surface area (Å²) >= 11 is 0. The lowest BCUT2D eigenvalue weighted by Gasteiger charge is -2.11. The summed E-state index contributed by atoms with van der Waals surface area (Å²) < 4.78 is 0. The van der Waals surface area contributed by atoms with Crippen molar-refractivity contribution in [1.82, 2.24) is 0 Å². The second-order valence-electron chi connectivity index (χ2n) is 4.59. The minimum Gasteiger partial charge on any atom is -0.318 e. The molecule has 136 valence electrons. The van der Waals surface area contributed by atoms with E-state index in [0.29, 0.717) is 0 Å². The lowest BCUT2D eigenvalue weighted by molar-refractivity contribution is -0.262. The van der Waals surface area contributed by atoms with Crippen LogP contribution in [0, 0.1) is 0 Å². The van der Waals surface area contributed by atoms with Crippen LogP contribution in [0.15, 0.2) is 0 Å². The number of carbonyl (C=O) groups excluding carboxylic acids is 4. The Balaban J connectivity index is 2.66. The van der Waals surface area contributed by atoms with Crippen molar-refractivity contribution in [3.8, 4) is 0 Å². The molecular weight excluding hydrogens is 366 g/mol. The highest BCUT2D eigenvalue weighted by Gasteiger charge is 2.25. The van der Waals surface area contributed by atoms with Crippen LogP contribution in [0.2, 0.25) is 0 Å². The van der Waals surface area contributed by atoms with Gasteiger partial charge in [0.15, 0.2) is 0 Å². The first-order valence-electron chi connectivity index (χ1n) is 6.65. The van der Waals surface area contributed by atoms with Gasteiger partial charge in [-0.25, -0.2) is 38.7 Å². The zero-order valence-electron chi connectivity index (χ0n) is 12.4. The Kier molecular flexibility index (Phi) is 8.84. The highest BCUT2D eigenvalue weighted by atomic mass is 33.1. The van der Waals surface area contributed by atoms with E-state index in [0.717, 1.165) is 21.6 Å². The Labute approximate surface area is 144 Å². The molecule has 3 atom stereocenters. The Morgan fingerprint density at radius 1 is 0.708 bits per heavy atom. The fraction of sp³-hybridized carbons (Fsp3) is 0.636. The van der Waals surface area contributed by atoms with E-state index in [1.54, 1.807) is 0 Å². The monoisotopic (exact) mass is 383 g/mol. The first-order valence-corrected chi connectivity index (χ1v) is 9.14. The molecule has 1 heterocycles. The van der Waals surface area contributed by atoms with E-state index in [4.69, 9.17) is 17.2 Å². The lowest BCUT2D eigenvalue weighted by atomic mass is 10.2. The van der Waals surface area contributed by atoms with Crippen molar-refractivity contribution in [2.75, 3.05) is 11.5 Å². The topological polar surface area (TPSA) is 183 Å². The summed E-state index contributed by atoms with van der Waals surface area (Å²) in [5.74, 6) is -3.64. The van der Waals surface area contributed by atoms with E-state index in [1.165, 1.54) is 0 Å². The number of carbonyl (C=O) groups is 4. The second-order valence-corrected chi connectivity index (χ2v) is 7.14. The first-order chi connectivity index (χ1) is 11.3. The van der Waals surface area contributed by atoms with Gasteiger partial charge in [0.1, 0.15) is 18.1 Å². The largest absolute Gasteiger partial charge is 0.372 e. The quantitative estimate of drug-likeness (QED) is 0.313. The molecule has 1 aliphatic rings. The van der Waals surface area contributed by atoms with Crippen LogP contribution in [-0.2, 0) is 38.7 Å². The van der Waals surface area contributed by atoms with Gasteiger partial charge >= 0.3 is 23.9 Å². The van der Waals surface area contributed by atoms with E-state index < -0.39 is 42.0 Å². The molecule has 11 nitrogen and oxygen atoms in total. The molecule has 1 saturated heterocycles. The SMILES string of the molecule is NC1CSSCC(N)C(=O)OOC(=O)C(N)CCC(=O)OOC1=O. The molecule has 0 aromatic heterocycles. The summed E-state index contributed by atoms with van der Waals surface area (Å²) in [6.07, 6.45) is -0.520. The van der Waals surface area contributed by atoms with Crippen molar-refractivity contribution in [3.05, 3.63) is 0 Å². The third kappa shape index (κ3) is 7.35. The first kappa shape index (κ1) is 20.5. The highest BCUT2D eigenvalue weighted by molar-refractivity contribution is 8.76. The van der Waals surface area contributed by atoms with Gasteiger partial charge in [-0.3, -0.25) is 0 Å². The van der Waals surface area contributed by atoms with Gasteiger partial charge in [0.25, 0.3) is 0 Å². The van der Waals surface area contributed by atoms with Crippen LogP contribution in [-0.4, -0.2) is 53.5 Å². The van der Waals surface area contributed by atoms with Gasteiger partial charge in [-0.1, -0.05) is 21.6 Å². The molecule has 0 aromatic carbocycles. The van der Waals surface area contributed by atoms with E-state index in [9.17, 15) is 19.2 Å². The summed E-state index contributed by atoms with van der Waals surface area (Å²) in [5, 5.41) is 0. The van der Waals surface area contributed by atoms with E-state index in [2.05, 4.69) is 19.6 Å². The molecule has 6 N–H and O–H groups in total. The van der Waals surface area contributed by atoms with E-state index in [-0.39, 0.29) is 24.3 Å². The second kappa shape index (κ2) is 10.4. The van der Waals surface area contributed by atoms with Crippen LogP contribution in [0.1, 0.15) is 12.8 Å². The smallest absolute Gasteiger partial charge is 0.318 e. The van der Waals surface area contributed by atoms with Gasteiger partial charge in [-0.15, -0.1) is 0 Å². The molecule has 0 aliphatic carbocycles. The van der Waals surface area contributed by atoms with Crippen LogP contribution >= 0.6 is 21.6 Å². The van der Waals surface area contributed by atoms with Crippen LogP contribution in [0.25, 0.3) is 0 Å². The summed E-state index contributed by atoms with van der Waals surface area (Å²) in [4.78, 5) is 63.0. The standard InChI is InChI=1S/C11H17N3O8S2/c12-5-1-2-8(15)19-20-10(17)6(13)3-23-24-4-7(14)11(18)22-21-9(5)16/h5-7H,1-4,12-14H2. The van der Waals surface area contributed by atoms with Crippen LogP contribution in [0.5, 0.6) is 0 Å². The number of hydrogen-bond acceptors (Lipinski definition) is 13. The van der Waals surface area contributed by atoms with Crippen molar-refractivity contribution >= 4 is 45.5 Å². The Morgan fingerprint density at radius 2 is 1.12 bits per heavy atom. The van der Waals surface area contributed by atoms with Crippen LogP contribution < -0.4 is 17.2 Å². The fourth-order valence-electron chi connectivity index (χ4n) is 1.17. The average Bonchev–Trinajstić information content (AvgIpc) is 2.57. The van der Waals surface area contributed by atoms with Gasteiger partial charge in [-0.2, -0.15) is 0 Å². The van der Waals surface area contributed by atoms with Crippen molar-refractivity contribution in [1.29, 1.82) is 0 Å². The molecule has 3 unspecified atom stereocenters. The summed E-state index contributed by atoms with van der Waals surface area (Å²) in [6.45, 7) is 0. The number of rotatable bonds is 0. The third-order valence-electron chi connectivity index (χ3n) is 2.57. The molecule has 24 heavy (non-hydrogen) atoms. The molecule has 0 aromatic rings. The fourth-order valence-corrected chi connectivity index (χ4v) is 3.38. The Bertz CT molecular complexity index is 492. The van der Waals surface area contributed by atoms with Crippen molar-refractivity contribution in [3.63, 3.8) is 0 Å². The molecule has 13 heteroatoms. The molecule has 0 bridgehead atoms. The van der Waals surface area contributed by atoms with E-state index >= 15 is 0 Å². The molecule has 1 aliphatic heterocycles. The number of nitrogens with two attached hydrogens (primary N) is 3. The van der Waals surface area contributed by atoms with Gasteiger partial charge in [0.05, 0.1) is 6.42 Å². The zero-order chi connectivity index (χ0) is 18.1. The van der Waals surface area contributed by atoms with Gasteiger partial charge < -0.3 is 17.2 Å². The molecule has 0 amide bonds. The highest BCUT2D eigenvalue weighted by Crippen LogP contribution is 2.22. The van der Waals surface area contributed by atoms with E-state index in [1.807, 2.05) is 0 Å². The predicted molar refractivity (Wildman–Crippen MR) is 82.4 cm³/mol. The van der Waals surface area contributed by atoms with Crippen molar-refractivity contribution in [2.45, 2.75) is 31.0 Å². The maximum Gasteiger partial charge on any atom is 0.372 e. The van der Waals surface area contributed by atoms with Gasteiger partial charge in [-0.05, 0) is 6.42 Å².